The number of nitrogens with one attached hydrogen (secondary N) is 1. The Kier molecular flexibility index (Phi) is 8.50. The number of hydrogen-bond acceptors (Lipinski definition) is 7. The van der Waals surface area contributed by atoms with Crippen LogP contribution in [0.25, 0.3) is 22.3 Å². The van der Waals surface area contributed by atoms with Gasteiger partial charge in [0.1, 0.15) is 11.4 Å². The van der Waals surface area contributed by atoms with E-state index in [4.69, 9.17) is 9.47 Å². The Labute approximate surface area is 226 Å². The summed E-state index contributed by atoms with van der Waals surface area (Å²) < 4.78 is 42.1. The van der Waals surface area contributed by atoms with E-state index in [-0.39, 0.29) is 37.7 Å². The van der Waals surface area contributed by atoms with Crippen molar-refractivity contribution in [1.29, 1.82) is 0 Å². The normalized spacial score (nSPS) is 14.6. The van der Waals surface area contributed by atoms with E-state index in [1.807, 2.05) is 13.8 Å². The quantitative estimate of drug-likeness (QED) is 0.424. The Hall–Kier alpha value is -3.58. The van der Waals surface area contributed by atoms with Crippen molar-refractivity contribution in [2.24, 2.45) is 7.05 Å². The van der Waals surface area contributed by atoms with Crippen LogP contribution in [0.2, 0.25) is 0 Å². The van der Waals surface area contributed by atoms with Gasteiger partial charge in [-0.2, -0.15) is 4.31 Å². The van der Waals surface area contributed by atoms with Crippen LogP contribution < -0.4 is 16.0 Å². The van der Waals surface area contributed by atoms with Gasteiger partial charge in [-0.05, 0) is 44.0 Å². The number of carbonyl (C=O) groups excluding carboxylic acids is 1. The molecule has 39 heavy (non-hydrogen) atoms. The molecule has 212 valence electrons. The fourth-order valence-electron chi connectivity index (χ4n) is 4.63. The number of amides is 1. The van der Waals surface area contributed by atoms with Crippen molar-refractivity contribution >= 4 is 27.1 Å². The summed E-state index contributed by atoms with van der Waals surface area (Å²) in [6, 6.07) is 6.26. The largest absolute Gasteiger partial charge is 0.493 e. The summed E-state index contributed by atoms with van der Waals surface area (Å²) >= 11 is 0. The SMILES string of the molecule is CCCOc1ccc(S(=O)(=O)N2CCN(C(=O)OCC)CC2)cc1-c1cc2c(=O)n(C)c(=O)n(CCC)c2[nH]1. The predicted molar refractivity (Wildman–Crippen MR) is 147 cm³/mol. The molecule has 12 nitrogen and oxygen atoms in total. The average molecular weight is 562 g/mol. The highest BCUT2D eigenvalue weighted by molar-refractivity contribution is 7.89. The van der Waals surface area contributed by atoms with Crippen molar-refractivity contribution in [2.75, 3.05) is 39.4 Å². The highest BCUT2D eigenvalue weighted by Crippen LogP contribution is 2.34. The predicted octanol–water partition coefficient (Wildman–Crippen LogP) is 2.36. The monoisotopic (exact) mass is 561 g/mol. The summed E-state index contributed by atoms with van der Waals surface area (Å²) in [4.78, 5) is 42.4. The zero-order valence-corrected chi connectivity index (χ0v) is 23.5. The summed E-state index contributed by atoms with van der Waals surface area (Å²) in [5, 5.41) is 0.324. The number of H-pyrrole nitrogens is 1. The van der Waals surface area contributed by atoms with Crippen LogP contribution in [0.4, 0.5) is 4.79 Å². The lowest BCUT2D eigenvalue weighted by Crippen LogP contribution is -2.50. The zero-order chi connectivity index (χ0) is 28.3. The number of nitrogens with zero attached hydrogens (tertiary/aromatic N) is 4. The van der Waals surface area contributed by atoms with Gasteiger partial charge in [-0.15, -0.1) is 0 Å². The molecule has 1 aliphatic rings. The van der Waals surface area contributed by atoms with Gasteiger partial charge in [0, 0.05) is 45.3 Å². The highest BCUT2D eigenvalue weighted by Gasteiger charge is 2.31. The summed E-state index contributed by atoms with van der Waals surface area (Å²) in [7, 11) is -2.46. The summed E-state index contributed by atoms with van der Waals surface area (Å²) in [5.41, 5.74) is 0.439. The molecule has 0 radical (unpaired) electrons. The minimum atomic E-state index is -3.90. The molecular formula is C26H35N5O7S. The maximum atomic E-state index is 13.6. The van der Waals surface area contributed by atoms with Crippen molar-refractivity contribution < 1.29 is 22.7 Å². The summed E-state index contributed by atoms with van der Waals surface area (Å²) in [5.74, 6) is 0.454. The van der Waals surface area contributed by atoms with Crippen LogP contribution in [-0.4, -0.2) is 77.2 Å². The molecule has 0 aliphatic carbocycles. The number of aromatic nitrogens is 3. The van der Waals surface area contributed by atoms with Crippen molar-refractivity contribution in [3.8, 4) is 17.0 Å². The number of piperazine rings is 1. The highest BCUT2D eigenvalue weighted by atomic mass is 32.2. The second kappa shape index (κ2) is 11.7. The van der Waals surface area contributed by atoms with E-state index in [1.54, 1.807) is 19.1 Å². The number of sulfonamides is 1. The smallest absolute Gasteiger partial charge is 0.409 e. The van der Waals surface area contributed by atoms with E-state index in [9.17, 15) is 22.8 Å². The van der Waals surface area contributed by atoms with Gasteiger partial charge in [-0.3, -0.25) is 13.9 Å². The molecular weight excluding hydrogens is 526 g/mol. The van der Waals surface area contributed by atoms with E-state index in [1.165, 1.54) is 33.0 Å². The van der Waals surface area contributed by atoms with Crippen LogP contribution in [-0.2, 0) is 28.4 Å². The van der Waals surface area contributed by atoms with Gasteiger partial charge in [0.05, 0.1) is 29.2 Å². The van der Waals surface area contributed by atoms with Gasteiger partial charge in [-0.25, -0.2) is 18.0 Å². The van der Waals surface area contributed by atoms with Gasteiger partial charge >= 0.3 is 11.8 Å². The first-order chi connectivity index (χ1) is 18.6. The molecule has 0 unspecified atom stereocenters. The molecule has 13 heteroatoms. The topological polar surface area (TPSA) is 136 Å². The zero-order valence-electron chi connectivity index (χ0n) is 22.7. The molecule has 1 aromatic carbocycles. The minimum Gasteiger partial charge on any atom is -0.493 e. The number of fused-ring (bicyclic) bond motifs is 1. The van der Waals surface area contributed by atoms with Crippen LogP contribution in [0.15, 0.2) is 38.8 Å². The lowest BCUT2D eigenvalue weighted by atomic mass is 10.1. The molecule has 2 aromatic heterocycles. The van der Waals surface area contributed by atoms with Gasteiger partial charge in [0.25, 0.3) is 5.56 Å². The molecule has 1 saturated heterocycles. The second-order valence-corrected chi connectivity index (χ2v) is 11.3. The Bertz CT molecular complexity index is 1580. The fraction of sp³-hybridized carbons (Fsp3) is 0.500. The molecule has 1 fully saturated rings. The number of aryl methyl sites for hydroxylation is 1. The second-order valence-electron chi connectivity index (χ2n) is 9.34. The van der Waals surface area contributed by atoms with Gasteiger partial charge in [0.15, 0.2) is 0 Å². The maximum Gasteiger partial charge on any atom is 0.409 e. The number of aromatic amines is 1. The third-order valence-corrected chi connectivity index (χ3v) is 8.57. The Morgan fingerprint density at radius 1 is 1.03 bits per heavy atom. The molecule has 0 bridgehead atoms. The van der Waals surface area contributed by atoms with E-state index in [2.05, 4.69) is 4.98 Å². The Morgan fingerprint density at radius 2 is 1.74 bits per heavy atom. The van der Waals surface area contributed by atoms with E-state index < -0.39 is 27.4 Å². The summed E-state index contributed by atoms with van der Waals surface area (Å²) in [6.07, 6.45) is 0.970. The van der Waals surface area contributed by atoms with Gasteiger partial charge < -0.3 is 19.4 Å². The van der Waals surface area contributed by atoms with Gasteiger partial charge in [-0.1, -0.05) is 13.8 Å². The maximum absolute atomic E-state index is 13.6. The summed E-state index contributed by atoms with van der Waals surface area (Å²) in [6.45, 7) is 7.42. The first-order valence-electron chi connectivity index (χ1n) is 13.2. The lowest BCUT2D eigenvalue weighted by Gasteiger charge is -2.33. The molecule has 1 N–H and O–H groups in total. The molecule has 3 aromatic rings. The van der Waals surface area contributed by atoms with E-state index in [0.717, 1.165) is 11.0 Å². The third-order valence-electron chi connectivity index (χ3n) is 6.67. The standard InChI is InChI=1S/C26H35N5O7S/c1-5-10-31-23-20(24(32)28(4)25(31)33)17-21(27-23)19-16-18(8-9-22(19)38-15-6-2)39(35,36)30-13-11-29(12-14-30)26(34)37-7-3/h8-9,16-17,27H,5-7,10-15H2,1-4H3. The van der Waals surface area contributed by atoms with Gasteiger partial charge in [0.2, 0.25) is 10.0 Å². The first kappa shape index (κ1) is 28.4. The third kappa shape index (κ3) is 5.46. The van der Waals surface area contributed by atoms with E-state index in [0.29, 0.717) is 47.6 Å². The van der Waals surface area contributed by atoms with Crippen LogP contribution in [0.1, 0.15) is 33.6 Å². The minimum absolute atomic E-state index is 0.0587. The molecule has 0 spiro atoms. The van der Waals surface area contributed by atoms with Crippen molar-refractivity contribution in [2.45, 2.75) is 45.1 Å². The molecule has 0 atom stereocenters. The molecule has 3 heterocycles. The van der Waals surface area contributed by atoms with E-state index >= 15 is 0 Å². The molecule has 4 rings (SSSR count). The van der Waals surface area contributed by atoms with Crippen molar-refractivity contribution in [3.63, 3.8) is 0 Å². The Balaban J connectivity index is 1.76. The van der Waals surface area contributed by atoms with Crippen molar-refractivity contribution in [3.05, 3.63) is 45.1 Å². The van der Waals surface area contributed by atoms with Crippen LogP contribution >= 0.6 is 0 Å². The number of carbonyl (C=O) groups is 1. The molecule has 1 amide bonds. The average Bonchev–Trinajstić information content (AvgIpc) is 3.38. The van der Waals surface area contributed by atoms with Crippen LogP contribution in [0, 0.1) is 0 Å². The Morgan fingerprint density at radius 3 is 2.38 bits per heavy atom. The van der Waals surface area contributed by atoms with Crippen molar-refractivity contribution in [1.82, 2.24) is 23.3 Å². The number of rotatable bonds is 9. The molecule has 1 aliphatic heterocycles. The first-order valence-corrected chi connectivity index (χ1v) is 14.6. The molecule has 0 saturated carbocycles. The number of ether oxygens (including phenoxy) is 2. The van der Waals surface area contributed by atoms with Crippen LogP contribution in [0.5, 0.6) is 5.75 Å². The lowest BCUT2D eigenvalue weighted by molar-refractivity contribution is 0.0934. The van der Waals surface area contributed by atoms with Crippen LogP contribution in [0.3, 0.4) is 0 Å². The number of benzene rings is 1. The fourth-order valence-corrected chi connectivity index (χ4v) is 6.08. The number of hydrogen-bond donors (Lipinski definition) is 1.